The molecule has 0 unspecified atom stereocenters. The molecule has 4 nitrogen and oxygen atoms in total. The van der Waals surface area contributed by atoms with Gasteiger partial charge in [-0.2, -0.15) is 21.6 Å². The Morgan fingerprint density at radius 3 is 2.26 bits per heavy atom. The summed E-state index contributed by atoms with van der Waals surface area (Å²) in [5.41, 5.74) is -5.46. The van der Waals surface area contributed by atoms with Crippen molar-refractivity contribution in [1.29, 1.82) is 0 Å². The average Bonchev–Trinajstić information content (AvgIpc) is 2.17. The molecule has 108 valence electrons. The van der Waals surface area contributed by atoms with Crippen molar-refractivity contribution in [3.05, 3.63) is 15.8 Å². The van der Waals surface area contributed by atoms with Crippen molar-refractivity contribution >= 4 is 46.0 Å². The Labute approximate surface area is 123 Å². The number of rotatable bonds is 3. The zero-order valence-corrected chi connectivity index (χ0v) is 14.2. The smallest absolute Gasteiger partial charge is 0.355 e. The van der Waals surface area contributed by atoms with E-state index in [-0.39, 0.29) is 0 Å². The lowest BCUT2D eigenvalue weighted by Gasteiger charge is -2.20. The van der Waals surface area contributed by atoms with Gasteiger partial charge in [-0.3, -0.25) is 0 Å². The Morgan fingerprint density at radius 2 is 1.84 bits per heavy atom. The van der Waals surface area contributed by atoms with Crippen LogP contribution in [0.15, 0.2) is 12.3 Å². The van der Waals surface area contributed by atoms with Crippen LogP contribution in [0.25, 0.3) is 0 Å². The van der Waals surface area contributed by atoms with Gasteiger partial charge in [0.1, 0.15) is 0 Å². The molecular formula is C9H11F3INO3SSi. The predicted molar refractivity (Wildman–Crippen MR) is 75.5 cm³/mol. The summed E-state index contributed by atoms with van der Waals surface area (Å²) in [6.45, 7) is 5.56. The Morgan fingerprint density at radius 1 is 1.32 bits per heavy atom. The normalized spacial score (nSPS) is 13.4. The Hall–Kier alpha value is -0.363. The maximum Gasteiger partial charge on any atom is 0.534 e. The van der Waals surface area contributed by atoms with Crippen LogP contribution < -0.4 is 9.37 Å². The van der Waals surface area contributed by atoms with Crippen LogP contribution >= 0.6 is 22.6 Å². The van der Waals surface area contributed by atoms with Gasteiger partial charge in [0, 0.05) is 15.0 Å². The minimum Gasteiger partial charge on any atom is -0.355 e. The van der Waals surface area contributed by atoms with E-state index in [0.29, 0.717) is 8.76 Å². The molecule has 0 aliphatic carbocycles. The molecule has 0 aliphatic rings. The minimum absolute atomic E-state index is 0.423. The average molecular weight is 425 g/mol. The molecule has 0 saturated heterocycles. The quantitative estimate of drug-likeness (QED) is 0.323. The van der Waals surface area contributed by atoms with E-state index in [1.54, 1.807) is 6.07 Å². The fourth-order valence-corrected chi connectivity index (χ4v) is 3.78. The van der Waals surface area contributed by atoms with Crippen molar-refractivity contribution in [2.24, 2.45) is 0 Å². The molecule has 19 heavy (non-hydrogen) atoms. The first-order valence-electron chi connectivity index (χ1n) is 5.01. The first kappa shape index (κ1) is 16.7. The lowest BCUT2D eigenvalue weighted by molar-refractivity contribution is -0.0501. The van der Waals surface area contributed by atoms with E-state index >= 15 is 0 Å². The topological polar surface area (TPSA) is 56.3 Å². The van der Waals surface area contributed by atoms with Crippen LogP contribution in [0, 0.1) is 3.57 Å². The van der Waals surface area contributed by atoms with Crippen LogP contribution in [0.3, 0.4) is 0 Å². The van der Waals surface area contributed by atoms with Gasteiger partial charge in [0.25, 0.3) is 0 Å². The summed E-state index contributed by atoms with van der Waals surface area (Å²) in [5, 5.41) is 0.423. The van der Waals surface area contributed by atoms with E-state index < -0.39 is 29.6 Å². The molecule has 0 spiro atoms. The Kier molecular flexibility index (Phi) is 4.57. The van der Waals surface area contributed by atoms with Gasteiger partial charge in [-0.1, -0.05) is 19.6 Å². The number of halogens is 4. The second-order valence-electron chi connectivity index (χ2n) is 4.74. The largest absolute Gasteiger partial charge is 0.534 e. The van der Waals surface area contributed by atoms with Crippen molar-refractivity contribution in [2.75, 3.05) is 0 Å². The fraction of sp³-hybridized carbons (Fsp3) is 0.444. The Bertz CT molecular complexity index is 583. The zero-order chi connectivity index (χ0) is 15.1. The van der Waals surface area contributed by atoms with Gasteiger partial charge in [-0.25, -0.2) is 4.98 Å². The second-order valence-corrected chi connectivity index (χ2v) is 12.6. The van der Waals surface area contributed by atoms with Crippen LogP contribution in [0.1, 0.15) is 0 Å². The highest BCUT2D eigenvalue weighted by atomic mass is 127. The van der Waals surface area contributed by atoms with E-state index in [0.717, 1.165) is 0 Å². The maximum absolute atomic E-state index is 12.3. The molecule has 0 fully saturated rings. The summed E-state index contributed by atoms with van der Waals surface area (Å²) >= 11 is 1.95. The Balaban J connectivity index is 3.31. The summed E-state index contributed by atoms with van der Waals surface area (Å²) in [7, 11) is -7.78. The molecule has 1 rings (SSSR count). The third kappa shape index (κ3) is 4.05. The van der Waals surface area contributed by atoms with Crippen molar-refractivity contribution in [3.63, 3.8) is 0 Å². The molecule has 0 N–H and O–H groups in total. The van der Waals surface area contributed by atoms with Gasteiger partial charge < -0.3 is 4.18 Å². The standard InChI is InChI=1S/C9H11F3INO3SSi/c1-19(2,3)7-4-6(13)5-14-8(7)17-18(15,16)9(10,11)12/h4-5H,1-3H3. The van der Waals surface area contributed by atoms with Gasteiger partial charge in [-0.15, -0.1) is 0 Å². The lowest BCUT2D eigenvalue weighted by Crippen LogP contribution is -2.41. The number of alkyl halides is 3. The molecule has 0 bridgehead atoms. The molecule has 0 aromatic carbocycles. The van der Waals surface area contributed by atoms with Crippen molar-refractivity contribution < 1.29 is 25.8 Å². The molecule has 0 aliphatic heterocycles. The molecule has 0 atom stereocenters. The van der Waals surface area contributed by atoms with Crippen molar-refractivity contribution in [1.82, 2.24) is 4.98 Å². The van der Waals surface area contributed by atoms with Gasteiger partial charge in [0.15, 0.2) is 0 Å². The number of pyridine rings is 1. The molecule has 1 aromatic heterocycles. The highest BCUT2D eigenvalue weighted by molar-refractivity contribution is 14.1. The van der Waals surface area contributed by atoms with E-state index in [2.05, 4.69) is 9.17 Å². The van der Waals surface area contributed by atoms with Crippen molar-refractivity contribution in [2.45, 2.75) is 25.1 Å². The summed E-state index contributed by atoms with van der Waals surface area (Å²) in [6, 6.07) is 1.60. The van der Waals surface area contributed by atoms with Gasteiger partial charge in [-0.05, 0) is 28.7 Å². The third-order valence-corrected chi connectivity index (χ3v) is 5.61. The number of nitrogens with zero attached hydrogens (tertiary/aromatic N) is 1. The fourth-order valence-electron chi connectivity index (χ4n) is 1.18. The lowest BCUT2D eigenvalue weighted by atomic mass is 10.5. The highest BCUT2D eigenvalue weighted by Crippen LogP contribution is 2.26. The van der Waals surface area contributed by atoms with Crippen LogP contribution in [0.5, 0.6) is 5.88 Å². The maximum atomic E-state index is 12.3. The molecule has 0 radical (unpaired) electrons. The van der Waals surface area contributed by atoms with E-state index in [1.165, 1.54) is 6.20 Å². The van der Waals surface area contributed by atoms with Crippen LogP contribution in [0.4, 0.5) is 13.2 Å². The summed E-state index contributed by atoms with van der Waals surface area (Å²) in [6.07, 6.45) is 1.26. The minimum atomic E-state index is -5.69. The molecule has 1 aromatic rings. The highest BCUT2D eigenvalue weighted by Gasteiger charge is 2.49. The summed E-state index contributed by atoms with van der Waals surface area (Å²) in [5.74, 6) is -0.489. The molecule has 0 saturated carbocycles. The number of aromatic nitrogens is 1. The molecule has 0 amide bonds. The molecular weight excluding hydrogens is 414 g/mol. The van der Waals surface area contributed by atoms with E-state index in [4.69, 9.17) is 0 Å². The summed E-state index contributed by atoms with van der Waals surface area (Å²) < 4.78 is 63.8. The van der Waals surface area contributed by atoms with Crippen LogP contribution in [-0.4, -0.2) is 27.0 Å². The first-order chi connectivity index (χ1) is 8.34. The number of hydrogen-bond donors (Lipinski definition) is 0. The second kappa shape index (κ2) is 5.20. The molecule has 1 heterocycles. The van der Waals surface area contributed by atoms with Gasteiger partial charge in [0.2, 0.25) is 5.88 Å². The van der Waals surface area contributed by atoms with E-state index in [9.17, 15) is 21.6 Å². The SMILES string of the molecule is C[Si](C)(C)c1cc(I)cnc1OS(=O)(=O)C(F)(F)F. The van der Waals surface area contributed by atoms with Crippen LogP contribution in [0.2, 0.25) is 19.6 Å². The summed E-state index contributed by atoms with van der Waals surface area (Å²) in [4.78, 5) is 3.67. The monoisotopic (exact) mass is 425 g/mol. The first-order valence-corrected chi connectivity index (χ1v) is 11.0. The number of hydrogen-bond acceptors (Lipinski definition) is 4. The van der Waals surface area contributed by atoms with E-state index in [1.807, 2.05) is 42.2 Å². The van der Waals surface area contributed by atoms with Crippen LogP contribution in [-0.2, 0) is 10.1 Å². The van der Waals surface area contributed by atoms with Gasteiger partial charge in [0.05, 0.1) is 8.07 Å². The van der Waals surface area contributed by atoms with Gasteiger partial charge >= 0.3 is 15.6 Å². The molecule has 10 heteroatoms. The predicted octanol–water partition coefficient (Wildman–Crippen LogP) is 2.46. The third-order valence-electron chi connectivity index (χ3n) is 2.10. The zero-order valence-electron chi connectivity index (χ0n) is 10.2. The van der Waals surface area contributed by atoms with Crippen molar-refractivity contribution in [3.8, 4) is 5.88 Å².